The van der Waals surface area contributed by atoms with Crippen LogP contribution >= 0.6 is 15.9 Å². The highest BCUT2D eigenvalue weighted by Gasteiger charge is 2.39. The van der Waals surface area contributed by atoms with Gasteiger partial charge in [0.25, 0.3) is 0 Å². The lowest BCUT2D eigenvalue weighted by molar-refractivity contribution is -0.00954. The van der Waals surface area contributed by atoms with Crippen molar-refractivity contribution >= 4 is 15.9 Å². The van der Waals surface area contributed by atoms with Crippen LogP contribution in [0.3, 0.4) is 0 Å². The van der Waals surface area contributed by atoms with Crippen molar-refractivity contribution in [2.45, 2.75) is 51.4 Å². The summed E-state index contributed by atoms with van der Waals surface area (Å²) in [7, 11) is 1.67. The SMILES string of the molecule is COCCOCOc1cc(Br)cc2c1C(C)(C)CCC2(C)C. The van der Waals surface area contributed by atoms with E-state index in [4.69, 9.17) is 14.2 Å². The fraction of sp³-hybridized carbons (Fsp3) is 0.667. The highest BCUT2D eigenvalue weighted by molar-refractivity contribution is 9.10. The standard InChI is InChI=1S/C18H27BrO3/c1-17(2)6-7-18(3,4)16-14(17)10-13(19)11-15(16)22-12-21-9-8-20-5/h10-11H,6-9,12H2,1-5H3. The summed E-state index contributed by atoms with van der Waals surface area (Å²) < 4.78 is 17.5. The molecule has 0 radical (unpaired) electrons. The predicted octanol–water partition coefficient (Wildman–Crippen LogP) is 4.80. The van der Waals surface area contributed by atoms with Gasteiger partial charge >= 0.3 is 0 Å². The zero-order valence-electron chi connectivity index (χ0n) is 14.3. The summed E-state index contributed by atoms with van der Waals surface area (Å²) in [6, 6.07) is 4.30. The third-order valence-corrected chi connectivity index (χ3v) is 5.04. The van der Waals surface area contributed by atoms with Crippen molar-refractivity contribution in [2.75, 3.05) is 27.1 Å². The highest BCUT2D eigenvalue weighted by Crippen LogP contribution is 2.50. The van der Waals surface area contributed by atoms with Crippen molar-refractivity contribution in [3.05, 3.63) is 27.7 Å². The Morgan fingerprint density at radius 2 is 1.73 bits per heavy atom. The van der Waals surface area contributed by atoms with Crippen molar-refractivity contribution in [3.63, 3.8) is 0 Å². The number of benzene rings is 1. The first-order valence-electron chi connectivity index (χ1n) is 7.82. The molecule has 0 spiro atoms. The van der Waals surface area contributed by atoms with Gasteiger partial charge in [-0.2, -0.15) is 0 Å². The molecule has 0 saturated heterocycles. The summed E-state index contributed by atoms with van der Waals surface area (Å²) in [6.45, 7) is 10.6. The minimum absolute atomic E-state index is 0.118. The summed E-state index contributed by atoms with van der Waals surface area (Å²) in [4.78, 5) is 0. The van der Waals surface area contributed by atoms with Gasteiger partial charge in [-0.3, -0.25) is 0 Å². The van der Waals surface area contributed by atoms with Crippen molar-refractivity contribution < 1.29 is 14.2 Å². The Hall–Kier alpha value is -0.580. The van der Waals surface area contributed by atoms with Crippen molar-refractivity contribution in [2.24, 2.45) is 0 Å². The van der Waals surface area contributed by atoms with Crippen LogP contribution in [0.5, 0.6) is 5.75 Å². The van der Waals surface area contributed by atoms with Crippen LogP contribution in [0.15, 0.2) is 16.6 Å². The molecule has 0 amide bonds. The molecular formula is C18H27BrO3. The molecular weight excluding hydrogens is 344 g/mol. The molecule has 124 valence electrons. The molecule has 1 aromatic rings. The second kappa shape index (κ2) is 6.90. The first-order valence-corrected chi connectivity index (χ1v) is 8.61. The maximum Gasteiger partial charge on any atom is 0.189 e. The van der Waals surface area contributed by atoms with Gasteiger partial charge in [-0.15, -0.1) is 0 Å². The van der Waals surface area contributed by atoms with Crippen LogP contribution in [-0.4, -0.2) is 27.1 Å². The molecule has 22 heavy (non-hydrogen) atoms. The van der Waals surface area contributed by atoms with Gasteiger partial charge in [-0.25, -0.2) is 0 Å². The molecule has 4 heteroatoms. The Balaban J connectivity index is 2.28. The summed E-state index contributed by atoms with van der Waals surface area (Å²) in [5.74, 6) is 0.930. The fourth-order valence-corrected chi connectivity index (χ4v) is 3.56. The number of halogens is 1. The summed E-state index contributed by atoms with van der Waals surface area (Å²) in [5, 5.41) is 0. The molecule has 0 aliphatic heterocycles. The normalized spacial score (nSPS) is 18.8. The summed E-state index contributed by atoms with van der Waals surface area (Å²) in [5.41, 5.74) is 2.99. The first-order chi connectivity index (χ1) is 10.3. The monoisotopic (exact) mass is 370 g/mol. The lowest BCUT2D eigenvalue weighted by Gasteiger charge is -2.42. The third kappa shape index (κ3) is 3.84. The molecule has 1 aliphatic rings. The Labute approximate surface area is 142 Å². The average Bonchev–Trinajstić information content (AvgIpc) is 2.43. The van der Waals surface area contributed by atoms with Gasteiger partial charge in [0.1, 0.15) is 5.75 Å². The van der Waals surface area contributed by atoms with Crippen LogP contribution in [0.25, 0.3) is 0 Å². The Bertz CT molecular complexity index is 523. The number of methoxy groups -OCH3 is 1. The van der Waals surface area contributed by atoms with Gasteiger partial charge in [-0.1, -0.05) is 43.6 Å². The zero-order chi connectivity index (χ0) is 16.4. The van der Waals surface area contributed by atoms with E-state index in [0.717, 1.165) is 16.6 Å². The van der Waals surface area contributed by atoms with Crippen LogP contribution < -0.4 is 4.74 Å². The van der Waals surface area contributed by atoms with Crippen molar-refractivity contribution in [1.82, 2.24) is 0 Å². The second-order valence-corrected chi connectivity index (χ2v) is 8.17. The zero-order valence-corrected chi connectivity index (χ0v) is 15.9. The Morgan fingerprint density at radius 3 is 2.41 bits per heavy atom. The number of hydrogen-bond acceptors (Lipinski definition) is 3. The van der Waals surface area contributed by atoms with Crippen LogP contribution in [0.4, 0.5) is 0 Å². The first kappa shape index (κ1) is 17.8. The van der Waals surface area contributed by atoms with E-state index >= 15 is 0 Å². The van der Waals surface area contributed by atoms with Gasteiger partial charge in [0, 0.05) is 17.1 Å². The molecule has 0 unspecified atom stereocenters. The lowest BCUT2D eigenvalue weighted by atomic mass is 9.63. The molecule has 1 aromatic carbocycles. The quantitative estimate of drug-likeness (QED) is 0.531. The molecule has 0 heterocycles. The highest BCUT2D eigenvalue weighted by atomic mass is 79.9. The topological polar surface area (TPSA) is 27.7 Å². The molecule has 0 atom stereocenters. The van der Waals surface area contributed by atoms with Crippen molar-refractivity contribution in [3.8, 4) is 5.75 Å². The minimum atomic E-state index is 0.118. The van der Waals surface area contributed by atoms with E-state index in [9.17, 15) is 0 Å². The molecule has 0 bridgehead atoms. The number of hydrogen-bond donors (Lipinski definition) is 0. The molecule has 0 aromatic heterocycles. The summed E-state index contributed by atoms with van der Waals surface area (Å²) in [6.07, 6.45) is 2.35. The summed E-state index contributed by atoms with van der Waals surface area (Å²) >= 11 is 3.62. The van der Waals surface area contributed by atoms with Gasteiger partial charge in [-0.05, 0) is 41.4 Å². The smallest absolute Gasteiger partial charge is 0.189 e. The van der Waals surface area contributed by atoms with Gasteiger partial charge in [0.15, 0.2) is 6.79 Å². The largest absolute Gasteiger partial charge is 0.467 e. The van der Waals surface area contributed by atoms with Crippen LogP contribution in [-0.2, 0) is 20.3 Å². The molecule has 3 nitrogen and oxygen atoms in total. The van der Waals surface area contributed by atoms with E-state index in [2.05, 4.69) is 55.8 Å². The van der Waals surface area contributed by atoms with E-state index in [1.807, 2.05) is 0 Å². The average molecular weight is 371 g/mol. The Kier molecular flexibility index (Phi) is 5.57. The third-order valence-electron chi connectivity index (χ3n) is 4.58. The van der Waals surface area contributed by atoms with Crippen LogP contribution in [0, 0.1) is 0 Å². The van der Waals surface area contributed by atoms with Gasteiger partial charge in [0.05, 0.1) is 13.2 Å². The lowest BCUT2D eigenvalue weighted by Crippen LogP contribution is -2.34. The van der Waals surface area contributed by atoms with E-state index in [-0.39, 0.29) is 17.6 Å². The predicted molar refractivity (Wildman–Crippen MR) is 92.8 cm³/mol. The van der Waals surface area contributed by atoms with Crippen LogP contribution in [0.1, 0.15) is 51.7 Å². The molecule has 1 aliphatic carbocycles. The molecule has 0 saturated carbocycles. The van der Waals surface area contributed by atoms with Gasteiger partial charge in [0.2, 0.25) is 0 Å². The maximum absolute atomic E-state index is 5.95. The fourth-order valence-electron chi connectivity index (χ4n) is 3.12. The van der Waals surface area contributed by atoms with Gasteiger partial charge < -0.3 is 14.2 Å². The Morgan fingerprint density at radius 1 is 1.05 bits per heavy atom. The van der Waals surface area contributed by atoms with E-state index in [0.29, 0.717) is 13.2 Å². The number of ether oxygens (including phenoxy) is 3. The van der Waals surface area contributed by atoms with Crippen molar-refractivity contribution in [1.29, 1.82) is 0 Å². The minimum Gasteiger partial charge on any atom is -0.467 e. The second-order valence-electron chi connectivity index (χ2n) is 7.26. The van der Waals surface area contributed by atoms with E-state index in [1.165, 1.54) is 17.5 Å². The number of rotatable bonds is 6. The van der Waals surface area contributed by atoms with Crippen LogP contribution in [0.2, 0.25) is 0 Å². The maximum atomic E-state index is 5.95. The van der Waals surface area contributed by atoms with E-state index in [1.54, 1.807) is 7.11 Å². The molecule has 2 rings (SSSR count). The number of fused-ring (bicyclic) bond motifs is 1. The van der Waals surface area contributed by atoms with E-state index < -0.39 is 0 Å². The molecule has 0 N–H and O–H groups in total. The molecule has 0 fully saturated rings.